The van der Waals surface area contributed by atoms with E-state index in [1.165, 1.54) is 18.4 Å². The summed E-state index contributed by atoms with van der Waals surface area (Å²) in [5.41, 5.74) is 1.68. The second-order valence-electron chi connectivity index (χ2n) is 4.96. The first-order valence-corrected chi connectivity index (χ1v) is 7.84. The van der Waals surface area contributed by atoms with Crippen LogP contribution in [0.4, 0.5) is 5.13 Å². The number of aromatic nitrogens is 1. The van der Waals surface area contributed by atoms with E-state index in [4.69, 9.17) is 0 Å². The molecule has 0 bridgehead atoms. The number of ketones is 1. The predicted octanol–water partition coefficient (Wildman–Crippen LogP) is 3.14. The highest BCUT2D eigenvalue weighted by Crippen LogP contribution is 2.32. The Morgan fingerprint density at radius 1 is 1.30 bits per heavy atom. The Morgan fingerprint density at radius 3 is 2.52 bits per heavy atom. The number of carbonyl (C=O) groups excluding carboxylic acids is 2. The number of fused-ring (bicyclic) bond motifs is 1. The molecule has 0 fully saturated rings. The van der Waals surface area contributed by atoms with Crippen molar-refractivity contribution >= 4 is 38.4 Å². The average Bonchev–Trinajstić information content (AvgIpc) is 2.96. The largest absolute Gasteiger partial charge is 0.463 e. The van der Waals surface area contributed by atoms with Crippen LogP contribution in [-0.2, 0) is 9.53 Å². The lowest BCUT2D eigenvalue weighted by atomic mass is 10.1. The van der Waals surface area contributed by atoms with Gasteiger partial charge in [-0.05, 0) is 24.6 Å². The van der Waals surface area contributed by atoms with Crippen LogP contribution in [0.2, 0.25) is 0 Å². The van der Waals surface area contributed by atoms with Gasteiger partial charge in [0.25, 0.3) is 5.78 Å². The number of anilines is 1. The van der Waals surface area contributed by atoms with E-state index < -0.39 is 11.8 Å². The molecule has 1 aromatic carbocycles. The molecule has 0 unspecified atom stereocenters. The molecule has 1 aromatic heterocycles. The lowest BCUT2D eigenvalue weighted by Crippen LogP contribution is -2.22. The zero-order chi connectivity index (χ0) is 17.0. The first-order chi connectivity index (χ1) is 11.0. The van der Waals surface area contributed by atoms with E-state index in [0.717, 1.165) is 15.4 Å². The van der Waals surface area contributed by atoms with Gasteiger partial charge in [-0.25, -0.2) is 9.78 Å². The first kappa shape index (κ1) is 16.9. The normalized spacial score (nSPS) is 10.3. The molecule has 1 heterocycles. The molecular weight excluding hydrogens is 312 g/mol. The number of rotatable bonds is 7. The Bertz CT molecular complexity index is 769. The Kier molecular flexibility index (Phi) is 5.28. The van der Waals surface area contributed by atoms with Gasteiger partial charge in [0.15, 0.2) is 5.13 Å². The molecule has 0 radical (unpaired) electrons. The third kappa shape index (κ3) is 3.48. The SMILES string of the molecule is C=CCN(CC=C)c1nc2c(C(=O)C(=O)OC)cc(C)cc2s1. The fourth-order valence-electron chi connectivity index (χ4n) is 2.21. The second kappa shape index (κ2) is 7.19. The van der Waals surface area contributed by atoms with Crippen LogP contribution in [0.25, 0.3) is 10.2 Å². The van der Waals surface area contributed by atoms with Crippen molar-refractivity contribution < 1.29 is 14.3 Å². The van der Waals surface area contributed by atoms with E-state index in [0.29, 0.717) is 18.6 Å². The summed E-state index contributed by atoms with van der Waals surface area (Å²) >= 11 is 1.47. The minimum absolute atomic E-state index is 0.270. The van der Waals surface area contributed by atoms with Gasteiger partial charge in [0.2, 0.25) is 0 Å². The Balaban J connectivity index is 2.57. The molecule has 0 amide bonds. The van der Waals surface area contributed by atoms with Crippen LogP contribution >= 0.6 is 11.3 Å². The maximum absolute atomic E-state index is 12.2. The minimum atomic E-state index is -0.888. The number of hydrogen-bond acceptors (Lipinski definition) is 6. The molecular formula is C17H18N2O3S. The molecule has 2 aromatic rings. The summed E-state index contributed by atoms with van der Waals surface area (Å²) < 4.78 is 5.39. The Hall–Kier alpha value is -2.47. The van der Waals surface area contributed by atoms with Gasteiger partial charge < -0.3 is 9.64 Å². The van der Waals surface area contributed by atoms with E-state index in [-0.39, 0.29) is 5.56 Å². The highest BCUT2D eigenvalue weighted by molar-refractivity contribution is 7.22. The van der Waals surface area contributed by atoms with Crippen LogP contribution in [-0.4, -0.2) is 36.9 Å². The summed E-state index contributed by atoms with van der Waals surface area (Å²) in [5, 5.41) is 0.754. The van der Waals surface area contributed by atoms with E-state index >= 15 is 0 Å². The van der Waals surface area contributed by atoms with Crippen LogP contribution in [0, 0.1) is 6.92 Å². The molecule has 0 saturated carbocycles. The molecule has 0 spiro atoms. The minimum Gasteiger partial charge on any atom is -0.463 e. The van der Waals surface area contributed by atoms with Gasteiger partial charge >= 0.3 is 5.97 Å². The highest BCUT2D eigenvalue weighted by atomic mass is 32.1. The summed E-state index contributed by atoms with van der Waals surface area (Å²) in [5.74, 6) is -1.57. The second-order valence-corrected chi connectivity index (χ2v) is 5.97. The number of ether oxygens (including phenoxy) is 1. The summed E-state index contributed by atoms with van der Waals surface area (Å²) in [7, 11) is 1.19. The molecule has 0 atom stereocenters. The molecule has 6 heteroatoms. The monoisotopic (exact) mass is 330 g/mol. The molecule has 0 aliphatic carbocycles. The standard InChI is InChI=1S/C17H18N2O3S/c1-5-7-19(8-6-2)17-18-14-12(15(20)16(21)22-4)9-11(3)10-13(14)23-17/h5-6,9-10H,1-2,7-8H2,3-4H3. The van der Waals surface area contributed by atoms with Crippen molar-refractivity contribution in [3.8, 4) is 0 Å². The Morgan fingerprint density at radius 2 is 1.96 bits per heavy atom. The van der Waals surface area contributed by atoms with Crippen LogP contribution in [0.5, 0.6) is 0 Å². The number of esters is 1. The van der Waals surface area contributed by atoms with Gasteiger partial charge in [0, 0.05) is 13.1 Å². The molecule has 0 aliphatic rings. The van der Waals surface area contributed by atoms with Crippen LogP contribution in [0.1, 0.15) is 15.9 Å². The number of hydrogen-bond donors (Lipinski definition) is 0. The van der Waals surface area contributed by atoms with Crippen molar-refractivity contribution in [2.24, 2.45) is 0 Å². The molecule has 0 aliphatic heterocycles. The van der Waals surface area contributed by atoms with E-state index in [2.05, 4.69) is 22.9 Å². The van der Waals surface area contributed by atoms with Gasteiger partial charge in [0.05, 0.1) is 22.9 Å². The van der Waals surface area contributed by atoms with E-state index in [9.17, 15) is 9.59 Å². The van der Waals surface area contributed by atoms with Crippen LogP contribution in [0.15, 0.2) is 37.4 Å². The van der Waals surface area contributed by atoms with Crippen molar-refractivity contribution in [2.75, 3.05) is 25.1 Å². The number of aryl methyl sites for hydroxylation is 1. The van der Waals surface area contributed by atoms with Crippen molar-refractivity contribution in [3.05, 3.63) is 48.6 Å². The fraction of sp³-hybridized carbons (Fsp3) is 0.235. The van der Waals surface area contributed by atoms with Crippen LogP contribution < -0.4 is 4.90 Å². The van der Waals surface area contributed by atoms with Crippen molar-refractivity contribution in [1.29, 1.82) is 0 Å². The van der Waals surface area contributed by atoms with Crippen molar-refractivity contribution in [3.63, 3.8) is 0 Å². The van der Waals surface area contributed by atoms with Gasteiger partial charge in [0.1, 0.15) is 0 Å². The lowest BCUT2D eigenvalue weighted by Gasteiger charge is -2.17. The molecule has 5 nitrogen and oxygen atoms in total. The van der Waals surface area contributed by atoms with Gasteiger partial charge in [-0.1, -0.05) is 23.5 Å². The number of thiazole rings is 1. The van der Waals surface area contributed by atoms with Gasteiger partial charge in [-0.15, -0.1) is 13.2 Å². The van der Waals surface area contributed by atoms with Crippen molar-refractivity contribution in [1.82, 2.24) is 4.98 Å². The molecule has 120 valence electrons. The summed E-state index contributed by atoms with van der Waals surface area (Å²) in [6.45, 7) is 10.6. The van der Waals surface area contributed by atoms with E-state index in [1.807, 2.05) is 17.9 Å². The average molecular weight is 330 g/mol. The van der Waals surface area contributed by atoms with Crippen LogP contribution in [0.3, 0.4) is 0 Å². The van der Waals surface area contributed by atoms with Gasteiger partial charge in [-0.3, -0.25) is 4.79 Å². The third-order valence-corrected chi connectivity index (χ3v) is 4.28. The quantitative estimate of drug-likeness (QED) is 0.338. The lowest BCUT2D eigenvalue weighted by molar-refractivity contribution is -0.135. The summed E-state index contributed by atoms with van der Waals surface area (Å²) in [6, 6.07) is 3.61. The smallest absolute Gasteiger partial charge is 0.379 e. The Labute approximate surface area is 138 Å². The summed E-state index contributed by atoms with van der Waals surface area (Å²) in [6.07, 6.45) is 3.56. The number of methoxy groups -OCH3 is 1. The number of benzene rings is 1. The third-order valence-electron chi connectivity index (χ3n) is 3.21. The molecule has 0 saturated heterocycles. The zero-order valence-electron chi connectivity index (χ0n) is 13.2. The highest BCUT2D eigenvalue weighted by Gasteiger charge is 2.22. The molecule has 2 rings (SSSR count). The molecule has 0 N–H and O–H groups in total. The summed E-state index contributed by atoms with van der Waals surface area (Å²) in [4.78, 5) is 30.3. The predicted molar refractivity (Wildman–Crippen MR) is 93.3 cm³/mol. The topological polar surface area (TPSA) is 59.5 Å². The maximum Gasteiger partial charge on any atom is 0.379 e. The number of Topliss-reactive ketones (excluding diaryl/α,β-unsaturated/α-hetero) is 1. The zero-order valence-corrected chi connectivity index (χ0v) is 14.0. The number of carbonyl (C=O) groups is 2. The molecule has 23 heavy (non-hydrogen) atoms. The van der Waals surface area contributed by atoms with E-state index in [1.54, 1.807) is 18.2 Å². The van der Waals surface area contributed by atoms with Gasteiger partial charge in [-0.2, -0.15) is 0 Å². The first-order valence-electron chi connectivity index (χ1n) is 7.02. The number of nitrogens with zero attached hydrogens (tertiary/aromatic N) is 2. The fourth-order valence-corrected chi connectivity index (χ4v) is 3.32. The van der Waals surface area contributed by atoms with Crippen molar-refractivity contribution in [2.45, 2.75) is 6.92 Å². The maximum atomic E-state index is 12.2.